The van der Waals surface area contributed by atoms with E-state index in [0.29, 0.717) is 12.1 Å². The molecule has 1 N–H and O–H groups in total. The molecule has 0 bridgehead atoms. The van der Waals surface area contributed by atoms with Gasteiger partial charge in [-0.05, 0) is 69.2 Å². The molecule has 1 aliphatic heterocycles. The first kappa shape index (κ1) is 15.5. The van der Waals surface area contributed by atoms with Crippen LogP contribution in [0.25, 0.3) is 0 Å². The number of aryl methyl sites for hydroxylation is 2. The molecule has 1 aliphatic rings. The summed E-state index contributed by atoms with van der Waals surface area (Å²) >= 11 is 0. The number of rotatable bonds is 7. The van der Waals surface area contributed by atoms with Crippen LogP contribution in [0.5, 0.6) is 0 Å². The molecule has 2 rings (SSSR count). The van der Waals surface area contributed by atoms with Crippen LogP contribution in [0.3, 0.4) is 0 Å². The van der Waals surface area contributed by atoms with E-state index < -0.39 is 0 Å². The lowest BCUT2D eigenvalue weighted by atomic mass is 9.97. The normalized spacial score (nSPS) is 20.2. The standard InChI is InChI=1S/C18H29NO/c1-4-9-19-17(13-18-6-5-10-20-18)12-16-8-7-14(2)15(3)11-16/h7-8,11,17-19H,4-6,9-10,12-13H2,1-3H3. The lowest BCUT2D eigenvalue weighted by Crippen LogP contribution is -2.35. The minimum Gasteiger partial charge on any atom is -0.378 e. The molecule has 1 aromatic carbocycles. The van der Waals surface area contributed by atoms with E-state index in [4.69, 9.17) is 4.74 Å². The van der Waals surface area contributed by atoms with Gasteiger partial charge in [0.1, 0.15) is 0 Å². The van der Waals surface area contributed by atoms with E-state index in [0.717, 1.165) is 26.0 Å². The van der Waals surface area contributed by atoms with Crippen LogP contribution in [0.1, 0.15) is 49.3 Å². The van der Waals surface area contributed by atoms with Crippen molar-refractivity contribution in [2.24, 2.45) is 0 Å². The van der Waals surface area contributed by atoms with Crippen molar-refractivity contribution in [1.29, 1.82) is 0 Å². The summed E-state index contributed by atoms with van der Waals surface area (Å²) in [6.45, 7) is 8.66. The predicted molar refractivity (Wildman–Crippen MR) is 85.3 cm³/mol. The molecule has 0 aromatic heterocycles. The van der Waals surface area contributed by atoms with Crippen molar-refractivity contribution in [3.63, 3.8) is 0 Å². The third kappa shape index (κ3) is 4.60. The maximum atomic E-state index is 5.80. The van der Waals surface area contributed by atoms with Crippen molar-refractivity contribution in [3.05, 3.63) is 34.9 Å². The zero-order chi connectivity index (χ0) is 14.4. The zero-order valence-electron chi connectivity index (χ0n) is 13.2. The average molecular weight is 275 g/mol. The summed E-state index contributed by atoms with van der Waals surface area (Å²) in [5.74, 6) is 0. The number of benzene rings is 1. The smallest absolute Gasteiger partial charge is 0.0590 e. The monoisotopic (exact) mass is 275 g/mol. The lowest BCUT2D eigenvalue weighted by Gasteiger charge is -2.22. The molecular weight excluding hydrogens is 246 g/mol. The van der Waals surface area contributed by atoms with E-state index in [-0.39, 0.29) is 0 Å². The Labute approximate surface area is 123 Å². The second kappa shape index (κ2) is 7.80. The van der Waals surface area contributed by atoms with Crippen LogP contribution in [-0.2, 0) is 11.2 Å². The van der Waals surface area contributed by atoms with Gasteiger partial charge in [-0.1, -0.05) is 25.1 Å². The van der Waals surface area contributed by atoms with Crippen LogP contribution < -0.4 is 5.32 Å². The molecule has 20 heavy (non-hydrogen) atoms. The first-order chi connectivity index (χ1) is 9.69. The molecule has 0 saturated carbocycles. The van der Waals surface area contributed by atoms with E-state index in [9.17, 15) is 0 Å². The van der Waals surface area contributed by atoms with Crippen LogP contribution in [0.2, 0.25) is 0 Å². The van der Waals surface area contributed by atoms with Crippen LogP contribution >= 0.6 is 0 Å². The number of hydrogen-bond acceptors (Lipinski definition) is 2. The average Bonchev–Trinajstić information content (AvgIpc) is 2.93. The minimum atomic E-state index is 0.468. The Hall–Kier alpha value is -0.860. The second-order valence-corrected chi connectivity index (χ2v) is 6.14. The highest BCUT2D eigenvalue weighted by Gasteiger charge is 2.20. The van der Waals surface area contributed by atoms with Gasteiger partial charge in [-0.25, -0.2) is 0 Å². The minimum absolute atomic E-state index is 0.468. The van der Waals surface area contributed by atoms with Crippen molar-refractivity contribution in [2.45, 2.75) is 65.0 Å². The first-order valence-electron chi connectivity index (χ1n) is 8.10. The van der Waals surface area contributed by atoms with Crippen LogP contribution in [0, 0.1) is 13.8 Å². The SMILES string of the molecule is CCCNC(Cc1ccc(C)c(C)c1)CC1CCCO1. The zero-order valence-corrected chi connectivity index (χ0v) is 13.2. The van der Waals surface area contributed by atoms with Crippen molar-refractivity contribution in [3.8, 4) is 0 Å². The lowest BCUT2D eigenvalue weighted by molar-refractivity contribution is 0.0946. The van der Waals surface area contributed by atoms with Gasteiger partial charge in [0.15, 0.2) is 0 Å². The van der Waals surface area contributed by atoms with Gasteiger partial charge in [-0.15, -0.1) is 0 Å². The molecule has 0 spiro atoms. The fraction of sp³-hybridized carbons (Fsp3) is 0.667. The fourth-order valence-electron chi connectivity index (χ4n) is 2.95. The van der Waals surface area contributed by atoms with Gasteiger partial charge in [0, 0.05) is 12.6 Å². The second-order valence-electron chi connectivity index (χ2n) is 6.14. The van der Waals surface area contributed by atoms with Crippen molar-refractivity contribution in [1.82, 2.24) is 5.32 Å². The summed E-state index contributed by atoms with van der Waals surface area (Å²) in [4.78, 5) is 0. The van der Waals surface area contributed by atoms with Crippen LogP contribution in [0.4, 0.5) is 0 Å². The third-order valence-corrected chi connectivity index (χ3v) is 4.31. The molecule has 112 valence electrons. The van der Waals surface area contributed by atoms with E-state index in [1.165, 1.54) is 36.0 Å². The molecule has 1 saturated heterocycles. The molecule has 0 aliphatic carbocycles. The van der Waals surface area contributed by atoms with Crippen molar-refractivity contribution >= 4 is 0 Å². The van der Waals surface area contributed by atoms with Crippen LogP contribution in [0.15, 0.2) is 18.2 Å². The molecular formula is C18H29NO. The van der Waals surface area contributed by atoms with E-state index in [2.05, 4.69) is 44.3 Å². The molecule has 2 unspecified atom stereocenters. The van der Waals surface area contributed by atoms with Gasteiger partial charge < -0.3 is 10.1 Å². The molecule has 2 atom stereocenters. The molecule has 1 aromatic rings. The molecule has 1 heterocycles. The van der Waals surface area contributed by atoms with Gasteiger partial charge in [0.2, 0.25) is 0 Å². The maximum absolute atomic E-state index is 5.80. The fourth-order valence-corrected chi connectivity index (χ4v) is 2.95. The van der Waals surface area contributed by atoms with Crippen molar-refractivity contribution < 1.29 is 4.74 Å². The topological polar surface area (TPSA) is 21.3 Å². The molecule has 0 amide bonds. The Morgan fingerprint density at radius 2 is 2.15 bits per heavy atom. The Kier molecular flexibility index (Phi) is 6.06. The summed E-state index contributed by atoms with van der Waals surface area (Å²) in [6, 6.07) is 7.40. The summed E-state index contributed by atoms with van der Waals surface area (Å²) in [5, 5.41) is 3.70. The largest absolute Gasteiger partial charge is 0.378 e. The van der Waals surface area contributed by atoms with E-state index in [1.54, 1.807) is 0 Å². The predicted octanol–water partition coefficient (Wildman–Crippen LogP) is 3.78. The van der Waals surface area contributed by atoms with Gasteiger partial charge >= 0.3 is 0 Å². The van der Waals surface area contributed by atoms with Gasteiger partial charge in [-0.3, -0.25) is 0 Å². The highest BCUT2D eigenvalue weighted by atomic mass is 16.5. The van der Waals surface area contributed by atoms with Crippen LogP contribution in [-0.4, -0.2) is 25.3 Å². The highest BCUT2D eigenvalue weighted by molar-refractivity contribution is 5.30. The molecule has 0 radical (unpaired) electrons. The molecule has 1 fully saturated rings. The Balaban J connectivity index is 1.95. The summed E-state index contributed by atoms with van der Waals surface area (Å²) in [5.41, 5.74) is 4.22. The molecule has 2 heteroatoms. The number of ether oxygens (including phenoxy) is 1. The summed E-state index contributed by atoms with van der Waals surface area (Å²) < 4.78 is 5.80. The van der Waals surface area contributed by atoms with Gasteiger partial charge in [0.05, 0.1) is 6.10 Å². The number of hydrogen-bond donors (Lipinski definition) is 1. The first-order valence-corrected chi connectivity index (χ1v) is 8.10. The van der Waals surface area contributed by atoms with E-state index in [1.807, 2.05) is 0 Å². The summed E-state index contributed by atoms with van der Waals surface area (Å²) in [6.07, 6.45) is 6.38. The summed E-state index contributed by atoms with van der Waals surface area (Å²) in [7, 11) is 0. The van der Waals surface area contributed by atoms with E-state index >= 15 is 0 Å². The Bertz CT molecular complexity index is 410. The molecule has 2 nitrogen and oxygen atoms in total. The van der Waals surface area contributed by atoms with Crippen molar-refractivity contribution in [2.75, 3.05) is 13.2 Å². The Morgan fingerprint density at radius 3 is 2.80 bits per heavy atom. The van der Waals surface area contributed by atoms with Gasteiger partial charge in [0.25, 0.3) is 0 Å². The quantitative estimate of drug-likeness (QED) is 0.817. The van der Waals surface area contributed by atoms with Gasteiger partial charge in [-0.2, -0.15) is 0 Å². The Morgan fingerprint density at radius 1 is 1.30 bits per heavy atom. The maximum Gasteiger partial charge on any atom is 0.0590 e. The number of nitrogens with one attached hydrogen (secondary N) is 1. The third-order valence-electron chi connectivity index (χ3n) is 4.31. The highest BCUT2D eigenvalue weighted by Crippen LogP contribution is 2.19.